The first-order valence-electron chi connectivity index (χ1n) is 7.39. The molecule has 2 N–H and O–H groups in total. The number of piperidine rings is 1. The molecular formula is C16H26N2O. The van der Waals surface area contributed by atoms with Crippen LogP contribution in [0, 0.1) is 0 Å². The van der Waals surface area contributed by atoms with Gasteiger partial charge in [0.2, 0.25) is 0 Å². The fourth-order valence-corrected chi connectivity index (χ4v) is 2.62. The van der Waals surface area contributed by atoms with Crippen molar-refractivity contribution in [3.8, 4) is 5.75 Å². The van der Waals surface area contributed by atoms with Gasteiger partial charge in [0.25, 0.3) is 0 Å². The van der Waals surface area contributed by atoms with E-state index in [-0.39, 0.29) is 6.04 Å². The Hall–Kier alpha value is -1.06. The standard InChI is InChI=1S/C16H26N2O/c1-3-16(17)13-7-6-9-15(11-13)19-12-14-8-4-5-10-18(14)2/h6-7,9,11,14,16H,3-5,8,10,12,17H2,1-2H3. The van der Waals surface area contributed by atoms with Gasteiger partial charge in [-0.15, -0.1) is 0 Å². The average Bonchev–Trinajstić information content (AvgIpc) is 2.46. The third kappa shape index (κ3) is 3.95. The van der Waals surface area contributed by atoms with E-state index >= 15 is 0 Å². The van der Waals surface area contributed by atoms with E-state index < -0.39 is 0 Å². The third-order valence-electron chi connectivity index (χ3n) is 4.09. The maximum absolute atomic E-state index is 6.06. The molecule has 1 fully saturated rings. The van der Waals surface area contributed by atoms with E-state index in [1.165, 1.54) is 25.8 Å². The summed E-state index contributed by atoms with van der Waals surface area (Å²) in [4.78, 5) is 2.41. The average molecular weight is 262 g/mol. The van der Waals surface area contributed by atoms with Crippen molar-refractivity contribution in [3.63, 3.8) is 0 Å². The second-order valence-corrected chi connectivity index (χ2v) is 5.53. The zero-order chi connectivity index (χ0) is 13.7. The van der Waals surface area contributed by atoms with E-state index in [0.717, 1.165) is 24.3 Å². The molecule has 1 aromatic carbocycles. The topological polar surface area (TPSA) is 38.5 Å². The number of hydrogen-bond donors (Lipinski definition) is 1. The molecule has 0 aliphatic carbocycles. The summed E-state index contributed by atoms with van der Waals surface area (Å²) in [6, 6.07) is 8.88. The number of likely N-dealkylation sites (tertiary alicyclic amines) is 1. The van der Waals surface area contributed by atoms with Crippen LogP contribution in [0.15, 0.2) is 24.3 Å². The van der Waals surface area contributed by atoms with E-state index in [0.29, 0.717) is 6.04 Å². The molecule has 1 aromatic rings. The molecule has 1 heterocycles. The fourth-order valence-electron chi connectivity index (χ4n) is 2.62. The van der Waals surface area contributed by atoms with Crippen molar-refractivity contribution in [2.45, 2.75) is 44.7 Å². The molecule has 19 heavy (non-hydrogen) atoms. The molecular weight excluding hydrogens is 236 g/mol. The molecule has 1 saturated heterocycles. The molecule has 3 heteroatoms. The highest BCUT2D eigenvalue weighted by molar-refractivity contribution is 5.30. The van der Waals surface area contributed by atoms with Crippen LogP contribution in [0.5, 0.6) is 5.75 Å². The van der Waals surface area contributed by atoms with Gasteiger partial charge in [-0.3, -0.25) is 0 Å². The van der Waals surface area contributed by atoms with Gasteiger partial charge in [-0.25, -0.2) is 0 Å². The Bertz CT molecular complexity index is 394. The second kappa shape index (κ2) is 6.92. The minimum Gasteiger partial charge on any atom is -0.492 e. The molecule has 2 unspecified atom stereocenters. The van der Waals surface area contributed by atoms with Gasteiger partial charge in [0.1, 0.15) is 12.4 Å². The quantitative estimate of drug-likeness (QED) is 0.886. The zero-order valence-electron chi connectivity index (χ0n) is 12.1. The lowest BCUT2D eigenvalue weighted by Crippen LogP contribution is -2.40. The Morgan fingerprint density at radius 3 is 3.00 bits per heavy atom. The van der Waals surface area contributed by atoms with Crippen molar-refractivity contribution >= 4 is 0 Å². The van der Waals surface area contributed by atoms with Crippen molar-refractivity contribution in [3.05, 3.63) is 29.8 Å². The molecule has 1 aliphatic rings. The molecule has 0 amide bonds. The van der Waals surface area contributed by atoms with Crippen molar-refractivity contribution in [2.75, 3.05) is 20.2 Å². The molecule has 3 nitrogen and oxygen atoms in total. The number of likely N-dealkylation sites (N-methyl/N-ethyl adjacent to an activating group) is 1. The highest BCUT2D eigenvalue weighted by atomic mass is 16.5. The van der Waals surface area contributed by atoms with Crippen LogP contribution in [0.25, 0.3) is 0 Å². The van der Waals surface area contributed by atoms with Gasteiger partial charge in [0.05, 0.1) is 0 Å². The lowest BCUT2D eigenvalue weighted by atomic mass is 10.0. The Labute approximate surface area is 116 Å². The summed E-state index contributed by atoms with van der Waals surface area (Å²) in [6.07, 6.45) is 4.83. The van der Waals surface area contributed by atoms with E-state index in [1.807, 2.05) is 12.1 Å². The lowest BCUT2D eigenvalue weighted by Gasteiger charge is -2.32. The van der Waals surface area contributed by atoms with Gasteiger partial charge in [0.15, 0.2) is 0 Å². The van der Waals surface area contributed by atoms with E-state index in [2.05, 4.69) is 31.0 Å². The van der Waals surface area contributed by atoms with Crippen LogP contribution < -0.4 is 10.5 Å². The van der Waals surface area contributed by atoms with E-state index in [1.54, 1.807) is 0 Å². The second-order valence-electron chi connectivity index (χ2n) is 5.53. The Balaban J connectivity index is 1.91. The van der Waals surface area contributed by atoms with E-state index in [4.69, 9.17) is 10.5 Å². The maximum Gasteiger partial charge on any atom is 0.119 e. The predicted molar refractivity (Wildman–Crippen MR) is 79.4 cm³/mol. The minimum absolute atomic E-state index is 0.112. The summed E-state index contributed by atoms with van der Waals surface area (Å²) in [6.45, 7) is 4.07. The maximum atomic E-state index is 6.06. The Morgan fingerprint density at radius 1 is 1.42 bits per heavy atom. The number of nitrogens with two attached hydrogens (primary N) is 1. The number of hydrogen-bond acceptors (Lipinski definition) is 3. The van der Waals surface area contributed by atoms with Gasteiger partial charge in [-0.05, 0) is 50.6 Å². The SMILES string of the molecule is CCC(N)c1cccc(OCC2CCCCN2C)c1. The molecule has 0 spiro atoms. The van der Waals surface area contributed by atoms with Crippen LogP contribution in [-0.2, 0) is 0 Å². The predicted octanol–water partition coefficient (Wildman–Crippen LogP) is 2.96. The first-order valence-corrected chi connectivity index (χ1v) is 7.39. The molecule has 0 bridgehead atoms. The number of rotatable bonds is 5. The number of nitrogens with zero attached hydrogens (tertiary/aromatic N) is 1. The van der Waals surface area contributed by atoms with Crippen LogP contribution in [0.2, 0.25) is 0 Å². The largest absolute Gasteiger partial charge is 0.492 e. The first kappa shape index (κ1) is 14.4. The van der Waals surface area contributed by atoms with Gasteiger partial charge >= 0.3 is 0 Å². The first-order chi connectivity index (χ1) is 9.20. The highest BCUT2D eigenvalue weighted by Gasteiger charge is 2.19. The number of benzene rings is 1. The summed E-state index contributed by atoms with van der Waals surface area (Å²) in [5, 5.41) is 0. The summed E-state index contributed by atoms with van der Waals surface area (Å²) in [5.41, 5.74) is 7.22. The van der Waals surface area contributed by atoms with Crippen molar-refractivity contribution in [1.82, 2.24) is 4.90 Å². The van der Waals surface area contributed by atoms with Crippen LogP contribution >= 0.6 is 0 Å². The van der Waals surface area contributed by atoms with Crippen LogP contribution in [-0.4, -0.2) is 31.1 Å². The molecule has 2 rings (SSSR count). The van der Waals surface area contributed by atoms with Crippen molar-refractivity contribution < 1.29 is 4.74 Å². The Kier molecular flexibility index (Phi) is 5.23. The summed E-state index contributed by atoms with van der Waals surface area (Å²) < 4.78 is 5.95. The van der Waals surface area contributed by atoms with E-state index in [9.17, 15) is 0 Å². The lowest BCUT2D eigenvalue weighted by molar-refractivity contribution is 0.125. The molecule has 0 aromatic heterocycles. The summed E-state index contributed by atoms with van der Waals surface area (Å²) in [5.74, 6) is 0.945. The highest BCUT2D eigenvalue weighted by Crippen LogP contribution is 2.21. The van der Waals surface area contributed by atoms with Crippen LogP contribution in [0.3, 0.4) is 0 Å². The minimum atomic E-state index is 0.112. The molecule has 1 aliphatic heterocycles. The van der Waals surface area contributed by atoms with Crippen LogP contribution in [0.1, 0.15) is 44.2 Å². The van der Waals surface area contributed by atoms with Crippen LogP contribution in [0.4, 0.5) is 0 Å². The van der Waals surface area contributed by atoms with Crippen molar-refractivity contribution in [2.24, 2.45) is 5.73 Å². The monoisotopic (exact) mass is 262 g/mol. The van der Waals surface area contributed by atoms with Gasteiger partial charge in [-0.1, -0.05) is 25.5 Å². The molecule has 0 saturated carbocycles. The number of ether oxygens (including phenoxy) is 1. The summed E-state index contributed by atoms with van der Waals surface area (Å²) >= 11 is 0. The smallest absolute Gasteiger partial charge is 0.119 e. The summed E-state index contributed by atoms with van der Waals surface area (Å²) in [7, 11) is 2.19. The normalized spacial score (nSPS) is 22.2. The zero-order valence-corrected chi connectivity index (χ0v) is 12.1. The third-order valence-corrected chi connectivity index (χ3v) is 4.09. The van der Waals surface area contributed by atoms with Gasteiger partial charge in [0, 0.05) is 12.1 Å². The van der Waals surface area contributed by atoms with Crippen molar-refractivity contribution in [1.29, 1.82) is 0 Å². The molecule has 106 valence electrons. The Morgan fingerprint density at radius 2 is 2.26 bits per heavy atom. The van der Waals surface area contributed by atoms with Gasteiger partial charge < -0.3 is 15.4 Å². The van der Waals surface area contributed by atoms with Gasteiger partial charge in [-0.2, -0.15) is 0 Å². The molecule has 2 atom stereocenters. The molecule has 0 radical (unpaired) electrons. The fraction of sp³-hybridized carbons (Fsp3) is 0.625.